The zero-order valence-electron chi connectivity index (χ0n) is 11.0. The van der Waals surface area contributed by atoms with E-state index >= 15 is 0 Å². The standard InChI is InChI=1S/C15H18BrClN2/c1-10-2-4-11(5-3-10)15(9-18)19-12-6-7-14(17)13(16)8-12/h6-8,10-11,15,19H,2-5H2,1H3. The van der Waals surface area contributed by atoms with Gasteiger partial charge < -0.3 is 5.32 Å². The molecule has 2 rings (SSSR count). The second kappa shape index (κ2) is 6.63. The largest absolute Gasteiger partial charge is 0.370 e. The molecule has 1 unspecified atom stereocenters. The molecule has 1 N–H and O–H groups in total. The highest BCUT2D eigenvalue weighted by atomic mass is 79.9. The highest BCUT2D eigenvalue weighted by Gasteiger charge is 2.26. The molecule has 1 atom stereocenters. The van der Waals surface area contributed by atoms with Gasteiger partial charge in [-0.3, -0.25) is 0 Å². The number of hydrogen-bond donors (Lipinski definition) is 1. The van der Waals surface area contributed by atoms with Crippen LogP contribution in [0.3, 0.4) is 0 Å². The molecule has 1 aromatic carbocycles. The summed E-state index contributed by atoms with van der Waals surface area (Å²) in [5.41, 5.74) is 0.946. The molecule has 102 valence electrons. The predicted octanol–water partition coefficient (Wildman–Crippen LogP) is 5.23. The zero-order valence-corrected chi connectivity index (χ0v) is 13.3. The van der Waals surface area contributed by atoms with Crippen molar-refractivity contribution in [3.8, 4) is 6.07 Å². The van der Waals surface area contributed by atoms with Crippen molar-refractivity contribution in [1.82, 2.24) is 0 Å². The van der Waals surface area contributed by atoms with Crippen LogP contribution in [0.2, 0.25) is 5.02 Å². The average Bonchev–Trinajstić information content (AvgIpc) is 2.41. The van der Waals surface area contributed by atoms with E-state index in [1.54, 1.807) is 0 Å². The van der Waals surface area contributed by atoms with Gasteiger partial charge in [0.1, 0.15) is 6.04 Å². The fourth-order valence-corrected chi connectivity index (χ4v) is 3.14. The summed E-state index contributed by atoms with van der Waals surface area (Å²) in [5, 5.41) is 13.4. The Labute approximate surface area is 128 Å². The molecule has 0 spiro atoms. The number of nitrogens with zero attached hydrogens (tertiary/aromatic N) is 1. The van der Waals surface area contributed by atoms with E-state index in [0.717, 1.165) is 28.9 Å². The number of rotatable bonds is 3. The Kier molecular flexibility index (Phi) is 5.13. The van der Waals surface area contributed by atoms with Gasteiger partial charge in [-0.1, -0.05) is 31.4 Å². The molecular weight excluding hydrogens is 324 g/mol. The molecule has 1 saturated carbocycles. The quantitative estimate of drug-likeness (QED) is 0.816. The maximum atomic E-state index is 9.38. The van der Waals surface area contributed by atoms with E-state index in [-0.39, 0.29) is 6.04 Å². The van der Waals surface area contributed by atoms with Crippen molar-refractivity contribution in [2.75, 3.05) is 5.32 Å². The summed E-state index contributed by atoms with van der Waals surface area (Å²) < 4.78 is 0.855. The van der Waals surface area contributed by atoms with Crippen LogP contribution in [0.25, 0.3) is 0 Å². The van der Waals surface area contributed by atoms with Crippen molar-refractivity contribution in [3.63, 3.8) is 0 Å². The van der Waals surface area contributed by atoms with Gasteiger partial charge in [0.05, 0.1) is 11.1 Å². The third-order valence-corrected chi connectivity index (χ3v) is 5.13. The Morgan fingerprint density at radius 1 is 1.37 bits per heavy atom. The van der Waals surface area contributed by atoms with Gasteiger partial charge in [-0.2, -0.15) is 5.26 Å². The molecular formula is C15H18BrClN2. The topological polar surface area (TPSA) is 35.8 Å². The molecule has 4 heteroatoms. The lowest BCUT2D eigenvalue weighted by molar-refractivity contribution is 0.282. The van der Waals surface area contributed by atoms with Crippen molar-refractivity contribution in [3.05, 3.63) is 27.7 Å². The maximum absolute atomic E-state index is 9.38. The number of hydrogen-bond acceptors (Lipinski definition) is 2. The molecule has 1 aliphatic rings. The smallest absolute Gasteiger partial charge is 0.117 e. The summed E-state index contributed by atoms with van der Waals surface area (Å²) in [5.74, 6) is 1.26. The molecule has 0 aromatic heterocycles. The first-order chi connectivity index (χ1) is 9.10. The van der Waals surface area contributed by atoms with Crippen LogP contribution in [0, 0.1) is 23.2 Å². The van der Waals surface area contributed by atoms with Crippen LogP contribution in [0.5, 0.6) is 0 Å². The first kappa shape index (κ1) is 14.7. The van der Waals surface area contributed by atoms with Crippen LogP contribution >= 0.6 is 27.5 Å². The second-order valence-electron chi connectivity index (χ2n) is 5.40. The minimum atomic E-state index is -0.111. The average molecular weight is 342 g/mol. The van der Waals surface area contributed by atoms with E-state index in [9.17, 15) is 5.26 Å². The lowest BCUT2D eigenvalue weighted by Gasteiger charge is -2.30. The van der Waals surface area contributed by atoms with Gasteiger partial charge in [0.25, 0.3) is 0 Å². The van der Waals surface area contributed by atoms with Gasteiger partial charge in [-0.05, 0) is 58.8 Å². The van der Waals surface area contributed by atoms with Gasteiger partial charge in [-0.25, -0.2) is 0 Å². The lowest BCUT2D eigenvalue weighted by Crippen LogP contribution is -2.30. The van der Waals surface area contributed by atoms with Crippen LogP contribution in [0.4, 0.5) is 5.69 Å². The zero-order chi connectivity index (χ0) is 13.8. The third-order valence-electron chi connectivity index (χ3n) is 3.91. The van der Waals surface area contributed by atoms with Gasteiger partial charge >= 0.3 is 0 Å². The molecule has 1 aromatic rings. The fraction of sp³-hybridized carbons (Fsp3) is 0.533. The number of anilines is 1. The Hall–Kier alpha value is -0.720. The van der Waals surface area contributed by atoms with Crippen LogP contribution in [-0.4, -0.2) is 6.04 Å². The molecule has 1 fully saturated rings. The normalized spacial score (nSPS) is 24.5. The van der Waals surface area contributed by atoms with Crippen LogP contribution in [-0.2, 0) is 0 Å². The number of nitriles is 1. The summed E-state index contributed by atoms with van der Waals surface area (Å²) in [6.07, 6.45) is 4.74. The van der Waals surface area contributed by atoms with Crippen LogP contribution in [0.1, 0.15) is 32.6 Å². The van der Waals surface area contributed by atoms with E-state index in [0.29, 0.717) is 10.9 Å². The van der Waals surface area contributed by atoms with Crippen molar-refractivity contribution in [2.24, 2.45) is 11.8 Å². The molecule has 0 aliphatic heterocycles. The van der Waals surface area contributed by atoms with E-state index in [2.05, 4.69) is 34.2 Å². The maximum Gasteiger partial charge on any atom is 0.117 e. The van der Waals surface area contributed by atoms with E-state index in [1.165, 1.54) is 12.8 Å². The predicted molar refractivity (Wildman–Crippen MR) is 83.3 cm³/mol. The Morgan fingerprint density at radius 2 is 2.05 bits per heavy atom. The number of halogens is 2. The van der Waals surface area contributed by atoms with Gasteiger partial charge in [0.15, 0.2) is 0 Å². The SMILES string of the molecule is CC1CCC(C(C#N)Nc2ccc(Cl)c(Br)c2)CC1. The minimum absolute atomic E-state index is 0.111. The highest BCUT2D eigenvalue weighted by molar-refractivity contribution is 9.10. The Bertz CT molecular complexity index is 476. The lowest BCUT2D eigenvalue weighted by atomic mass is 9.79. The third kappa shape index (κ3) is 3.87. The number of benzene rings is 1. The summed E-state index contributed by atoms with van der Waals surface area (Å²) in [4.78, 5) is 0. The molecule has 0 saturated heterocycles. The van der Waals surface area contributed by atoms with Gasteiger partial charge in [0.2, 0.25) is 0 Å². The summed E-state index contributed by atoms with van der Waals surface area (Å²) in [6, 6.07) is 7.99. The Morgan fingerprint density at radius 3 is 2.63 bits per heavy atom. The monoisotopic (exact) mass is 340 g/mol. The summed E-state index contributed by atoms with van der Waals surface area (Å²) in [7, 11) is 0. The molecule has 0 amide bonds. The van der Waals surface area contributed by atoms with E-state index in [4.69, 9.17) is 11.6 Å². The fourth-order valence-electron chi connectivity index (χ4n) is 2.64. The molecule has 1 aliphatic carbocycles. The molecule has 0 radical (unpaired) electrons. The van der Waals surface area contributed by atoms with Gasteiger partial charge in [0, 0.05) is 10.2 Å². The summed E-state index contributed by atoms with van der Waals surface area (Å²) >= 11 is 9.38. The second-order valence-corrected chi connectivity index (χ2v) is 6.66. The van der Waals surface area contributed by atoms with Crippen molar-refractivity contribution < 1.29 is 0 Å². The van der Waals surface area contributed by atoms with E-state index < -0.39 is 0 Å². The van der Waals surface area contributed by atoms with E-state index in [1.807, 2.05) is 18.2 Å². The summed E-state index contributed by atoms with van der Waals surface area (Å²) in [6.45, 7) is 2.29. The number of nitrogens with one attached hydrogen (secondary N) is 1. The highest BCUT2D eigenvalue weighted by Crippen LogP contribution is 2.32. The van der Waals surface area contributed by atoms with Crippen molar-refractivity contribution in [2.45, 2.75) is 38.6 Å². The first-order valence-corrected chi connectivity index (χ1v) is 7.88. The van der Waals surface area contributed by atoms with Crippen LogP contribution < -0.4 is 5.32 Å². The molecule has 0 bridgehead atoms. The van der Waals surface area contributed by atoms with Crippen LogP contribution in [0.15, 0.2) is 22.7 Å². The molecule has 19 heavy (non-hydrogen) atoms. The van der Waals surface area contributed by atoms with Crippen molar-refractivity contribution in [1.29, 1.82) is 5.26 Å². The first-order valence-electron chi connectivity index (χ1n) is 6.71. The van der Waals surface area contributed by atoms with Crippen molar-refractivity contribution >= 4 is 33.2 Å². The molecule has 0 heterocycles. The molecule has 2 nitrogen and oxygen atoms in total. The minimum Gasteiger partial charge on any atom is -0.370 e. The Balaban J connectivity index is 2.03. The van der Waals surface area contributed by atoms with Gasteiger partial charge in [-0.15, -0.1) is 0 Å².